The number of aliphatic hydroxyl groups excluding tert-OH is 1. The molecule has 6 nitrogen and oxygen atoms in total. The normalized spacial score (nSPS) is 16.9. The molecular formula is C29H21Cl2NO5. The molecule has 1 unspecified atom stereocenters. The zero-order valence-electron chi connectivity index (χ0n) is 19.9. The van der Waals surface area contributed by atoms with Gasteiger partial charge in [0.15, 0.2) is 0 Å². The number of ketones is 1. The number of anilines is 1. The van der Waals surface area contributed by atoms with Gasteiger partial charge in [-0.25, -0.2) is 0 Å². The van der Waals surface area contributed by atoms with Gasteiger partial charge in [-0.1, -0.05) is 65.7 Å². The number of carbonyl (C=O) groups excluding carboxylic acids is 2. The molecule has 1 fully saturated rings. The third-order valence-electron chi connectivity index (χ3n) is 6.40. The number of ether oxygens (including phenoxy) is 2. The lowest BCUT2D eigenvalue weighted by atomic mass is 9.91. The van der Waals surface area contributed by atoms with E-state index in [1.54, 1.807) is 24.3 Å². The van der Waals surface area contributed by atoms with Gasteiger partial charge >= 0.3 is 0 Å². The van der Waals surface area contributed by atoms with E-state index in [4.69, 9.17) is 32.7 Å². The second kappa shape index (κ2) is 9.81. The molecular weight excluding hydrogens is 513 g/mol. The smallest absolute Gasteiger partial charge is 0.300 e. The molecule has 4 aromatic carbocycles. The Morgan fingerprint density at radius 1 is 0.865 bits per heavy atom. The number of carbonyl (C=O) groups is 2. The first-order valence-corrected chi connectivity index (χ1v) is 12.1. The van der Waals surface area contributed by atoms with Gasteiger partial charge in [0, 0.05) is 16.8 Å². The highest BCUT2D eigenvalue weighted by Crippen LogP contribution is 2.46. The number of amides is 1. The zero-order valence-corrected chi connectivity index (χ0v) is 21.4. The van der Waals surface area contributed by atoms with E-state index in [-0.39, 0.29) is 27.7 Å². The Morgan fingerprint density at radius 3 is 2.24 bits per heavy atom. The van der Waals surface area contributed by atoms with Crippen molar-refractivity contribution in [2.24, 2.45) is 0 Å². The van der Waals surface area contributed by atoms with E-state index in [9.17, 15) is 14.7 Å². The van der Waals surface area contributed by atoms with Crippen LogP contribution in [0.5, 0.6) is 11.5 Å². The fraction of sp³-hybridized carbons (Fsp3) is 0.103. The third kappa shape index (κ3) is 4.18. The zero-order chi connectivity index (χ0) is 26.3. The third-order valence-corrected chi connectivity index (χ3v) is 6.94. The van der Waals surface area contributed by atoms with Crippen molar-refractivity contribution in [3.8, 4) is 11.5 Å². The SMILES string of the molecule is COc1cc(/C(O)=C2\C(=O)C(=O)N(c3ccc(Cl)cc3)C2c2cccc3ccccc23)c(OC)cc1Cl. The largest absolute Gasteiger partial charge is 0.507 e. The van der Waals surface area contributed by atoms with E-state index in [1.165, 1.54) is 31.3 Å². The van der Waals surface area contributed by atoms with Crippen LogP contribution in [0.4, 0.5) is 5.69 Å². The molecule has 1 aliphatic heterocycles. The molecule has 4 aromatic rings. The predicted octanol–water partition coefficient (Wildman–Crippen LogP) is 6.79. The molecule has 1 N–H and O–H groups in total. The predicted molar refractivity (Wildman–Crippen MR) is 145 cm³/mol. The monoisotopic (exact) mass is 533 g/mol. The number of benzene rings is 4. The first-order valence-electron chi connectivity index (χ1n) is 11.3. The second-order valence-corrected chi connectivity index (χ2v) is 9.24. The van der Waals surface area contributed by atoms with Crippen molar-refractivity contribution in [2.75, 3.05) is 19.1 Å². The first-order chi connectivity index (χ1) is 17.8. The molecule has 0 saturated carbocycles. The van der Waals surface area contributed by atoms with E-state index in [2.05, 4.69) is 0 Å². The minimum atomic E-state index is -0.932. The van der Waals surface area contributed by atoms with Gasteiger partial charge in [-0.15, -0.1) is 0 Å². The van der Waals surface area contributed by atoms with Gasteiger partial charge in [0.05, 0.1) is 36.4 Å². The van der Waals surface area contributed by atoms with Crippen molar-refractivity contribution < 1.29 is 24.2 Å². The second-order valence-electron chi connectivity index (χ2n) is 8.40. The molecule has 1 aliphatic rings. The molecule has 0 bridgehead atoms. The fourth-order valence-corrected chi connectivity index (χ4v) is 5.03. The molecule has 8 heteroatoms. The Balaban J connectivity index is 1.83. The summed E-state index contributed by atoms with van der Waals surface area (Å²) in [6.45, 7) is 0. The number of rotatable bonds is 5. The Bertz CT molecular complexity index is 1570. The van der Waals surface area contributed by atoms with Gasteiger partial charge < -0.3 is 14.6 Å². The minimum absolute atomic E-state index is 0.0843. The summed E-state index contributed by atoms with van der Waals surface area (Å²) < 4.78 is 10.8. The lowest BCUT2D eigenvalue weighted by Crippen LogP contribution is -2.29. The van der Waals surface area contributed by atoms with Crippen LogP contribution in [0.1, 0.15) is 17.2 Å². The van der Waals surface area contributed by atoms with E-state index in [0.717, 1.165) is 10.8 Å². The van der Waals surface area contributed by atoms with Gasteiger partial charge in [-0.05, 0) is 46.7 Å². The van der Waals surface area contributed by atoms with Gasteiger partial charge in [0.25, 0.3) is 11.7 Å². The van der Waals surface area contributed by atoms with Crippen molar-refractivity contribution in [1.82, 2.24) is 0 Å². The van der Waals surface area contributed by atoms with Gasteiger partial charge in [-0.2, -0.15) is 0 Å². The molecule has 0 spiro atoms. The Hall–Kier alpha value is -4.00. The summed E-state index contributed by atoms with van der Waals surface area (Å²) in [6.07, 6.45) is 0. The summed E-state index contributed by atoms with van der Waals surface area (Å²) in [4.78, 5) is 28.5. The highest BCUT2D eigenvalue weighted by atomic mass is 35.5. The molecule has 0 radical (unpaired) electrons. The van der Waals surface area contributed by atoms with Crippen molar-refractivity contribution in [3.63, 3.8) is 0 Å². The summed E-state index contributed by atoms with van der Waals surface area (Å²) in [5.41, 5.74) is 1.22. The van der Waals surface area contributed by atoms with E-state index < -0.39 is 23.5 Å². The summed E-state index contributed by atoms with van der Waals surface area (Å²) in [7, 11) is 2.86. The maximum atomic E-state index is 13.6. The average Bonchev–Trinajstić information content (AvgIpc) is 3.18. The van der Waals surface area contributed by atoms with Gasteiger partial charge in [0.1, 0.15) is 17.3 Å². The van der Waals surface area contributed by atoms with Crippen molar-refractivity contribution in [2.45, 2.75) is 6.04 Å². The van der Waals surface area contributed by atoms with E-state index in [1.807, 2.05) is 42.5 Å². The fourth-order valence-electron chi connectivity index (χ4n) is 4.67. The Labute approximate surface area is 223 Å². The van der Waals surface area contributed by atoms with Crippen LogP contribution in [-0.4, -0.2) is 31.0 Å². The van der Waals surface area contributed by atoms with Crippen LogP contribution in [0.25, 0.3) is 16.5 Å². The highest BCUT2D eigenvalue weighted by molar-refractivity contribution is 6.52. The molecule has 1 saturated heterocycles. The standard InChI is InChI=1S/C29H21Cl2NO5/c1-36-23-15-22(31)24(37-2)14-21(23)27(33)25-26(20-9-5-7-16-6-3-4-8-19(16)20)32(29(35)28(25)34)18-12-10-17(30)11-13-18/h3-15,26,33H,1-2H3/b27-25+. The summed E-state index contributed by atoms with van der Waals surface area (Å²) in [5.74, 6) is -1.52. The Morgan fingerprint density at radius 2 is 1.54 bits per heavy atom. The summed E-state index contributed by atoms with van der Waals surface area (Å²) in [6, 6.07) is 21.9. The van der Waals surface area contributed by atoms with Gasteiger partial charge in [0.2, 0.25) is 0 Å². The molecule has 37 heavy (non-hydrogen) atoms. The van der Waals surface area contributed by atoms with Crippen LogP contribution in [-0.2, 0) is 9.59 Å². The topological polar surface area (TPSA) is 76.1 Å². The number of hydrogen-bond acceptors (Lipinski definition) is 5. The van der Waals surface area contributed by atoms with Crippen LogP contribution in [0.3, 0.4) is 0 Å². The summed E-state index contributed by atoms with van der Waals surface area (Å²) in [5, 5.41) is 14.1. The Kier molecular flexibility index (Phi) is 6.54. The van der Waals surface area contributed by atoms with Crippen molar-refractivity contribution in [1.29, 1.82) is 0 Å². The number of nitrogens with zero attached hydrogens (tertiary/aromatic N) is 1. The van der Waals surface area contributed by atoms with E-state index in [0.29, 0.717) is 16.3 Å². The number of aliphatic hydroxyl groups is 1. The van der Waals surface area contributed by atoms with Crippen LogP contribution >= 0.6 is 23.2 Å². The molecule has 5 rings (SSSR count). The number of fused-ring (bicyclic) bond motifs is 1. The quantitative estimate of drug-likeness (QED) is 0.173. The average molecular weight is 534 g/mol. The van der Waals surface area contributed by atoms with Crippen LogP contribution in [0.2, 0.25) is 10.0 Å². The maximum absolute atomic E-state index is 13.6. The lowest BCUT2D eigenvalue weighted by Gasteiger charge is -2.26. The summed E-state index contributed by atoms with van der Waals surface area (Å²) >= 11 is 12.4. The number of hydrogen-bond donors (Lipinski definition) is 1. The molecule has 0 aliphatic carbocycles. The molecule has 1 amide bonds. The van der Waals surface area contributed by atoms with Crippen LogP contribution < -0.4 is 14.4 Å². The number of methoxy groups -OCH3 is 2. The van der Waals surface area contributed by atoms with E-state index >= 15 is 0 Å². The number of Topliss-reactive ketones (excluding diaryl/α,β-unsaturated/α-hetero) is 1. The minimum Gasteiger partial charge on any atom is -0.507 e. The highest BCUT2D eigenvalue weighted by Gasteiger charge is 2.47. The van der Waals surface area contributed by atoms with Gasteiger partial charge in [-0.3, -0.25) is 14.5 Å². The maximum Gasteiger partial charge on any atom is 0.300 e. The van der Waals surface area contributed by atoms with Crippen molar-refractivity contribution >= 4 is 57.1 Å². The molecule has 1 atom stereocenters. The first kappa shape index (κ1) is 24.7. The van der Waals surface area contributed by atoms with Crippen LogP contribution in [0, 0.1) is 0 Å². The molecule has 186 valence electrons. The van der Waals surface area contributed by atoms with Crippen LogP contribution in [0.15, 0.2) is 84.4 Å². The molecule has 1 heterocycles. The lowest BCUT2D eigenvalue weighted by molar-refractivity contribution is -0.132. The molecule has 0 aromatic heterocycles. The van der Waals surface area contributed by atoms with Crippen molar-refractivity contribution in [3.05, 3.63) is 106 Å². The number of halogens is 2.